The van der Waals surface area contributed by atoms with E-state index in [1.54, 1.807) is 24.3 Å². The van der Waals surface area contributed by atoms with Gasteiger partial charge in [-0.1, -0.05) is 23.7 Å². The number of carbonyl (C=O) groups excluding carboxylic acids is 2. The van der Waals surface area contributed by atoms with E-state index in [2.05, 4.69) is 10.9 Å². The van der Waals surface area contributed by atoms with Crippen molar-refractivity contribution >= 4 is 23.4 Å². The van der Waals surface area contributed by atoms with Crippen molar-refractivity contribution in [3.05, 3.63) is 83.1 Å². The minimum Gasteiger partial charge on any atom is -0.496 e. The number of rotatable bonds is 4. The average Bonchev–Trinajstić information content (AvgIpc) is 3.20. The number of benzene rings is 2. The molecule has 0 saturated carbocycles. The molecule has 132 valence electrons. The molecule has 3 aromatic rings. The zero-order valence-electron chi connectivity index (χ0n) is 13.9. The van der Waals surface area contributed by atoms with Gasteiger partial charge < -0.3 is 9.30 Å². The first kappa shape index (κ1) is 17.6. The second-order valence-corrected chi connectivity index (χ2v) is 5.80. The summed E-state index contributed by atoms with van der Waals surface area (Å²) in [6, 6.07) is 15.5. The fourth-order valence-electron chi connectivity index (χ4n) is 2.49. The molecule has 0 unspecified atom stereocenters. The molecule has 1 aromatic heterocycles. The predicted octanol–water partition coefficient (Wildman–Crippen LogP) is 3.21. The van der Waals surface area contributed by atoms with E-state index in [-0.39, 0.29) is 5.56 Å². The first-order chi connectivity index (χ1) is 12.6. The Bertz CT molecular complexity index is 939. The van der Waals surface area contributed by atoms with Crippen LogP contribution >= 0.6 is 11.6 Å². The van der Waals surface area contributed by atoms with Gasteiger partial charge in [-0.25, -0.2) is 0 Å². The minimum absolute atomic E-state index is 0.221. The fraction of sp³-hybridized carbons (Fsp3) is 0.0526. The third-order valence-corrected chi connectivity index (χ3v) is 3.96. The van der Waals surface area contributed by atoms with Gasteiger partial charge in [-0.2, -0.15) is 0 Å². The second kappa shape index (κ2) is 7.76. The quantitative estimate of drug-likeness (QED) is 0.693. The monoisotopic (exact) mass is 369 g/mol. The molecule has 0 bridgehead atoms. The Kier molecular flexibility index (Phi) is 5.24. The van der Waals surface area contributed by atoms with Gasteiger partial charge in [0.15, 0.2) is 0 Å². The molecule has 2 aromatic carbocycles. The van der Waals surface area contributed by atoms with Crippen LogP contribution in [0.3, 0.4) is 0 Å². The maximum atomic E-state index is 12.5. The Labute approximate surface area is 155 Å². The van der Waals surface area contributed by atoms with Crippen molar-refractivity contribution in [2.75, 3.05) is 7.11 Å². The van der Waals surface area contributed by atoms with Crippen LogP contribution in [0.15, 0.2) is 67.0 Å². The lowest BCUT2D eigenvalue weighted by molar-refractivity contribution is 0.0845. The van der Waals surface area contributed by atoms with E-state index in [4.69, 9.17) is 16.3 Å². The van der Waals surface area contributed by atoms with E-state index in [9.17, 15) is 9.59 Å². The Morgan fingerprint density at radius 3 is 2.27 bits per heavy atom. The van der Waals surface area contributed by atoms with Gasteiger partial charge in [0.25, 0.3) is 11.8 Å². The zero-order chi connectivity index (χ0) is 18.5. The summed E-state index contributed by atoms with van der Waals surface area (Å²) in [5.74, 6) is -0.617. The molecule has 2 N–H and O–H groups in total. The molecule has 6 nitrogen and oxygen atoms in total. The van der Waals surface area contributed by atoms with E-state index in [0.717, 1.165) is 0 Å². The molecule has 3 rings (SSSR count). The number of halogens is 1. The van der Waals surface area contributed by atoms with E-state index in [0.29, 0.717) is 22.0 Å². The van der Waals surface area contributed by atoms with Crippen LogP contribution < -0.4 is 15.6 Å². The number of nitrogens with zero attached hydrogens (tertiary/aromatic N) is 1. The van der Waals surface area contributed by atoms with Gasteiger partial charge in [0, 0.05) is 17.4 Å². The molecule has 2 amide bonds. The Morgan fingerprint density at radius 1 is 0.923 bits per heavy atom. The van der Waals surface area contributed by atoms with Gasteiger partial charge in [-0.3, -0.25) is 20.4 Å². The largest absolute Gasteiger partial charge is 0.496 e. The van der Waals surface area contributed by atoms with Crippen LogP contribution in [0, 0.1) is 0 Å². The fourth-order valence-corrected chi connectivity index (χ4v) is 2.66. The molecule has 0 saturated heterocycles. The maximum Gasteiger partial charge on any atom is 0.273 e. The highest BCUT2D eigenvalue weighted by Crippen LogP contribution is 2.22. The van der Waals surface area contributed by atoms with Crippen molar-refractivity contribution in [1.82, 2.24) is 15.4 Å². The number of methoxy groups -OCH3 is 1. The molecule has 0 fully saturated rings. The third-order valence-electron chi connectivity index (χ3n) is 3.73. The number of carbonyl (C=O) groups is 2. The number of hydrogen-bond acceptors (Lipinski definition) is 3. The lowest BCUT2D eigenvalue weighted by Gasteiger charge is -2.13. The number of aromatic nitrogens is 1. The number of hydrogen-bond donors (Lipinski definition) is 2. The van der Waals surface area contributed by atoms with E-state index < -0.39 is 11.8 Å². The SMILES string of the molecule is COc1ccc(Cl)cc1C(=O)NNC(=O)c1ccccc1-n1cccc1. The summed E-state index contributed by atoms with van der Waals surface area (Å²) in [7, 11) is 1.45. The smallest absolute Gasteiger partial charge is 0.273 e. The van der Waals surface area contributed by atoms with Gasteiger partial charge >= 0.3 is 0 Å². The summed E-state index contributed by atoms with van der Waals surface area (Å²) in [6.45, 7) is 0. The van der Waals surface area contributed by atoms with E-state index in [1.807, 2.05) is 41.2 Å². The summed E-state index contributed by atoms with van der Waals surface area (Å²) < 4.78 is 6.96. The van der Waals surface area contributed by atoms with Crippen molar-refractivity contribution in [3.8, 4) is 11.4 Å². The summed E-state index contributed by atoms with van der Waals surface area (Å²) in [4.78, 5) is 24.9. The van der Waals surface area contributed by atoms with Gasteiger partial charge in [0.1, 0.15) is 5.75 Å². The van der Waals surface area contributed by atoms with Crippen LogP contribution in [0.1, 0.15) is 20.7 Å². The third kappa shape index (κ3) is 3.70. The molecule has 1 heterocycles. The van der Waals surface area contributed by atoms with E-state index >= 15 is 0 Å². The molecule has 0 aliphatic rings. The van der Waals surface area contributed by atoms with Gasteiger partial charge in [0.05, 0.1) is 23.9 Å². The normalized spacial score (nSPS) is 10.2. The summed E-state index contributed by atoms with van der Waals surface area (Å²) in [5.41, 5.74) is 6.14. The highest BCUT2D eigenvalue weighted by atomic mass is 35.5. The summed E-state index contributed by atoms with van der Waals surface area (Å²) in [6.07, 6.45) is 3.67. The molecule has 0 atom stereocenters. The van der Waals surface area contributed by atoms with Crippen molar-refractivity contribution < 1.29 is 14.3 Å². The molecule has 0 spiro atoms. The number of ether oxygens (including phenoxy) is 1. The molecule has 26 heavy (non-hydrogen) atoms. The van der Waals surface area contributed by atoms with Crippen LogP contribution in [-0.2, 0) is 0 Å². The van der Waals surface area contributed by atoms with Gasteiger partial charge in [-0.15, -0.1) is 0 Å². The lowest BCUT2D eigenvalue weighted by atomic mass is 10.1. The Morgan fingerprint density at radius 2 is 1.58 bits per heavy atom. The molecule has 0 aliphatic heterocycles. The van der Waals surface area contributed by atoms with Crippen molar-refractivity contribution in [2.24, 2.45) is 0 Å². The topological polar surface area (TPSA) is 72.4 Å². The lowest BCUT2D eigenvalue weighted by Crippen LogP contribution is -2.42. The Balaban J connectivity index is 1.76. The standard InChI is InChI=1S/C19H16ClN3O3/c1-26-17-9-8-13(20)12-15(17)19(25)22-21-18(24)14-6-2-3-7-16(14)23-10-4-5-11-23/h2-12H,1H3,(H,21,24)(H,22,25). The number of nitrogens with one attached hydrogen (secondary N) is 2. The van der Waals surface area contributed by atoms with Crippen LogP contribution in [0.2, 0.25) is 5.02 Å². The maximum absolute atomic E-state index is 12.5. The Hall–Kier alpha value is -3.25. The number of para-hydroxylation sites is 1. The molecule has 0 aliphatic carbocycles. The van der Waals surface area contributed by atoms with Crippen LogP contribution in [-0.4, -0.2) is 23.5 Å². The molecule has 7 heteroatoms. The number of amides is 2. The summed E-state index contributed by atoms with van der Waals surface area (Å²) >= 11 is 5.93. The average molecular weight is 370 g/mol. The minimum atomic E-state index is -0.531. The highest BCUT2D eigenvalue weighted by molar-refractivity contribution is 6.31. The van der Waals surface area contributed by atoms with Gasteiger partial charge in [-0.05, 0) is 42.5 Å². The van der Waals surface area contributed by atoms with Crippen LogP contribution in [0.5, 0.6) is 5.75 Å². The highest BCUT2D eigenvalue weighted by Gasteiger charge is 2.16. The van der Waals surface area contributed by atoms with Crippen LogP contribution in [0.4, 0.5) is 0 Å². The molecular weight excluding hydrogens is 354 g/mol. The van der Waals surface area contributed by atoms with Gasteiger partial charge in [0.2, 0.25) is 0 Å². The second-order valence-electron chi connectivity index (χ2n) is 5.36. The predicted molar refractivity (Wildman–Crippen MR) is 98.7 cm³/mol. The van der Waals surface area contributed by atoms with Crippen molar-refractivity contribution in [3.63, 3.8) is 0 Å². The number of hydrazine groups is 1. The van der Waals surface area contributed by atoms with E-state index in [1.165, 1.54) is 13.2 Å². The first-order valence-corrected chi connectivity index (χ1v) is 8.14. The molecule has 0 radical (unpaired) electrons. The van der Waals surface area contributed by atoms with Crippen LogP contribution in [0.25, 0.3) is 5.69 Å². The zero-order valence-corrected chi connectivity index (χ0v) is 14.7. The first-order valence-electron chi connectivity index (χ1n) is 7.76. The summed E-state index contributed by atoms with van der Waals surface area (Å²) in [5, 5.41) is 0.389. The van der Waals surface area contributed by atoms with Crippen molar-refractivity contribution in [2.45, 2.75) is 0 Å². The molecular formula is C19H16ClN3O3. The van der Waals surface area contributed by atoms with Crippen molar-refractivity contribution in [1.29, 1.82) is 0 Å².